The number of halogens is 1. The van der Waals surface area contributed by atoms with Gasteiger partial charge in [-0.1, -0.05) is 0 Å². The highest BCUT2D eigenvalue weighted by Crippen LogP contribution is 2.17. The third kappa shape index (κ3) is 3.44. The van der Waals surface area contributed by atoms with E-state index in [1.165, 1.54) is 13.0 Å². The molecule has 0 saturated carbocycles. The van der Waals surface area contributed by atoms with E-state index >= 15 is 0 Å². The fourth-order valence-corrected chi connectivity index (χ4v) is 1.35. The van der Waals surface area contributed by atoms with Gasteiger partial charge in [-0.05, 0) is 31.5 Å². The minimum absolute atomic E-state index is 0.183. The highest BCUT2D eigenvalue weighted by Gasteiger charge is 2.17. The summed E-state index contributed by atoms with van der Waals surface area (Å²) in [4.78, 5) is 22.5. The van der Waals surface area contributed by atoms with Crippen molar-refractivity contribution in [3.8, 4) is 0 Å². The lowest BCUT2D eigenvalue weighted by Gasteiger charge is -2.07. The van der Waals surface area contributed by atoms with E-state index in [1.54, 1.807) is 6.92 Å². The summed E-state index contributed by atoms with van der Waals surface area (Å²) >= 11 is 0. The van der Waals surface area contributed by atoms with Gasteiger partial charge in [-0.3, -0.25) is 0 Å². The first-order valence-electron chi connectivity index (χ1n) is 5.34. The van der Waals surface area contributed by atoms with Crippen LogP contribution in [0.15, 0.2) is 12.1 Å². The van der Waals surface area contributed by atoms with Crippen molar-refractivity contribution in [3.63, 3.8) is 0 Å². The molecule has 0 unspecified atom stereocenters. The number of aryl methyl sites for hydroxylation is 1. The van der Waals surface area contributed by atoms with Crippen LogP contribution in [0, 0.1) is 12.7 Å². The van der Waals surface area contributed by atoms with Crippen molar-refractivity contribution in [3.05, 3.63) is 29.1 Å². The van der Waals surface area contributed by atoms with Gasteiger partial charge in [0.05, 0.1) is 12.2 Å². The van der Waals surface area contributed by atoms with Gasteiger partial charge in [0.25, 0.3) is 0 Å². The van der Waals surface area contributed by atoms with Crippen molar-refractivity contribution >= 4 is 17.6 Å². The number of rotatable bonds is 4. The van der Waals surface area contributed by atoms with E-state index in [4.69, 9.17) is 5.73 Å². The first-order valence-corrected chi connectivity index (χ1v) is 5.34. The van der Waals surface area contributed by atoms with Crippen LogP contribution in [0.3, 0.4) is 0 Å². The Labute approximate surface area is 104 Å². The van der Waals surface area contributed by atoms with E-state index in [9.17, 15) is 14.0 Å². The molecule has 0 aliphatic rings. The van der Waals surface area contributed by atoms with Gasteiger partial charge in [0, 0.05) is 5.69 Å². The SMILES string of the molecule is CCOC(=O)COC(=O)c1cc(N)cc(C)c1F. The number of hydrogen-bond donors (Lipinski definition) is 1. The van der Waals surface area contributed by atoms with Crippen molar-refractivity contribution in [1.82, 2.24) is 0 Å². The molecule has 0 heterocycles. The summed E-state index contributed by atoms with van der Waals surface area (Å²) in [7, 11) is 0. The highest BCUT2D eigenvalue weighted by atomic mass is 19.1. The third-order valence-corrected chi connectivity index (χ3v) is 2.12. The Morgan fingerprint density at radius 3 is 2.61 bits per heavy atom. The summed E-state index contributed by atoms with van der Waals surface area (Å²) in [6.07, 6.45) is 0. The number of carbonyl (C=O) groups is 2. The van der Waals surface area contributed by atoms with Gasteiger partial charge in [-0.25, -0.2) is 14.0 Å². The molecule has 5 nitrogen and oxygen atoms in total. The molecule has 0 saturated heterocycles. The number of nitrogen functional groups attached to an aromatic ring is 1. The molecule has 0 aliphatic carbocycles. The standard InChI is InChI=1S/C12H14FNO4/c1-3-17-10(15)6-18-12(16)9-5-8(14)4-7(2)11(9)13/h4-5H,3,6,14H2,1-2H3. The molecule has 0 bridgehead atoms. The normalized spacial score (nSPS) is 9.94. The Morgan fingerprint density at radius 1 is 1.33 bits per heavy atom. The van der Waals surface area contributed by atoms with E-state index in [1.807, 2.05) is 0 Å². The Morgan fingerprint density at radius 2 is 2.00 bits per heavy atom. The van der Waals surface area contributed by atoms with Crippen molar-refractivity contribution < 1.29 is 23.5 Å². The lowest BCUT2D eigenvalue weighted by atomic mass is 10.1. The second kappa shape index (κ2) is 6.00. The van der Waals surface area contributed by atoms with Gasteiger partial charge >= 0.3 is 11.9 Å². The topological polar surface area (TPSA) is 78.6 Å². The van der Waals surface area contributed by atoms with E-state index in [0.717, 1.165) is 6.07 Å². The maximum Gasteiger partial charge on any atom is 0.344 e. The largest absolute Gasteiger partial charge is 0.463 e. The fraction of sp³-hybridized carbons (Fsp3) is 0.333. The van der Waals surface area contributed by atoms with Crippen molar-refractivity contribution in [2.75, 3.05) is 18.9 Å². The van der Waals surface area contributed by atoms with Crippen LogP contribution >= 0.6 is 0 Å². The summed E-state index contributed by atoms with van der Waals surface area (Å²) < 4.78 is 22.8. The average molecular weight is 255 g/mol. The van der Waals surface area contributed by atoms with E-state index in [2.05, 4.69) is 9.47 Å². The van der Waals surface area contributed by atoms with Gasteiger partial charge in [0.1, 0.15) is 5.82 Å². The summed E-state index contributed by atoms with van der Waals surface area (Å²) in [5.74, 6) is -2.35. The van der Waals surface area contributed by atoms with Crippen LogP contribution in [-0.4, -0.2) is 25.2 Å². The third-order valence-electron chi connectivity index (χ3n) is 2.12. The van der Waals surface area contributed by atoms with Crippen LogP contribution < -0.4 is 5.73 Å². The molecule has 98 valence electrons. The van der Waals surface area contributed by atoms with Crippen LogP contribution in [0.4, 0.5) is 10.1 Å². The first kappa shape index (κ1) is 14.0. The summed E-state index contributed by atoms with van der Waals surface area (Å²) in [6.45, 7) is 2.73. The summed E-state index contributed by atoms with van der Waals surface area (Å²) in [5.41, 5.74) is 5.69. The Bertz CT molecular complexity index is 473. The first-order chi connectivity index (χ1) is 8.45. The number of anilines is 1. The quantitative estimate of drug-likeness (QED) is 0.650. The predicted octanol–water partition coefficient (Wildman–Crippen LogP) is 1.44. The number of esters is 2. The second-order valence-electron chi connectivity index (χ2n) is 3.58. The number of ether oxygens (including phenoxy) is 2. The van der Waals surface area contributed by atoms with E-state index < -0.39 is 24.4 Å². The van der Waals surface area contributed by atoms with Crippen LogP contribution in [0.2, 0.25) is 0 Å². The number of carbonyl (C=O) groups excluding carboxylic acids is 2. The maximum absolute atomic E-state index is 13.6. The zero-order chi connectivity index (χ0) is 13.7. The van der Waals surface area contributed by atoms with Crippen LogP contribution in [0.25, 0.3) is 0 Å². The lowest BCUT2D eigenvalue weighted by Crippen LogP contribution is -2.17. The van der Waals surface area contributed by atoms with Crippen molar-refractivity contribution in [2.45, 2.75) is 13.8 Å². The average Bonchev–Trinajstić information content (AvgIpc) is 2.31. The Hall–Kier alpha value is -2.11. The molecule has 1 aromatic carbocycles. The van der Waals surface area contributed by atoms with Crippen molar-refractivity contribution in [2.24, 2.45) is 0 Å². The molecule has 0 atom stereocenters. The Balaban J connectivity index is 2.76. The van der Waals surface area contributed by atoms with Crippen LogP contribution in [0.1, 0.15) is 22.8 Å². The van der Waals surface area contributed by atoms with Gasteiger partial charge in [-0.2, -0.15) is 0 Å². The number of benzene rings is 1. The zero-order valence-electron chi connectivity index (χ0n) is 10.2. The predicted molar refractivity (Wildman–Crippen MR) is 62.5 cm³/mol. The van der Waals surface area contributed by atoms with Crippen LogP contribution in [0.5, 0.6) is 0 Å². The monoisotopic (exact) mass is 255 g/mol. The fourth-order valence-electron chi connectivity index (χ4n) is 1.35. The molecule has 0 spiro atoms. The molecule has 6 heteroatoms. The molecular weight excluding hydrogens is 241 g/mol. The minimum Gasteiger partial charge on any atom is -0.463 e. The number of nitrogens with two attached hydrogens (primary N) is 1. The highest BCUT2D eigenvalue weighted by molar-refractivity contribution is 5.92. The number of hydrogen-bond acceptors (Lipinski definition) is 5. The molecule has 0 fully saturated rings. The summed E-state index contributed by atoms with van der Waals surface area (Å²) in [5, 5.41) is 0. The second-order valence-corrected chi connectivity index (χ2v) is 3.58. The maximum atomic E-state index is 13.6. The van der Waals surface area contributed by atoms with Crippen molar-refractivity contribution in [1.29, 1.82) is 0 Å². The van der Waals surface area contributed by atoms with Gasteiger partial charge in [0.15, 0.2) is 6.61 Å². The lowest BCUT2D eigenvalue weighted by molar-refractivity contribution is -0.146. The summed E-state index contributed by atoms with van der Waals surface area (Å²) in [6, 6.07) is 2.56. The van der Waals surface area contributed by atoms with Gasteiger partial charge < -0.3 is 15.2 Å². The molecular formula is C12H14FNO4. The van der Waals surface area contributed by atoms with E-state index in [0.29, 0.717) is 0 Å². The molecule has 0 aromatic heterocycles. The zero-order valence-corrected chi connectivity index (χ0v) is 10.2. The molecule has 18 heavy (non-hydrogen) atoms. The molecule has 0 amide bonds. The molecule has 0 aliphatic heterocycles. The van der Waals surface area contributed by atoms with Gasteiger partial charge in [0.2, 0.25) is 0 Å². The molecule has 1 rings (SSSR count). The molecule has 1 aromatic rings. The smallest absolute Gasteiger partial charge is 0.344 e. The van der Waals surface area contributed by atoms with Crippen LogP contribution in [-0.2, 0) is 14.3 Å². The van der Waals surface area contributed by atoms with Gasteiger partial charge in [-0.15, -0.1) is 0 Å². The Kier molecular flexibility index (Phi) is 4.65. The molecule has 2 N–H and O–H groups in total. The minimum atomic E-state index is -0.948. The van der Waals surface area contributed by atoms with E-state index in [-0.39, 0.29) is 23.4 Å². The molecule has 0 radical (unpaired) electrons.